The van der Waals surface area contributed by atoms with Crippen molar-refractivity contribution in [1.29, 1.82) is 0 Å². The first-order valence-corrected chi connectivity index (χ1v) is 8.02. The van der Waals surface area contributed by atoms with Crippen molar-refractivity contribution < 1.29 is 23.0 Å². The van der Waals surface area contributed by atoms with Crippen molar-refractivity contribution in [1.82, 2.24) is 0 Å². The molecule has 0 aromatic heterocycles. The molecule has 2 rings (SSSR count). The number of benzene rings is 2. The molecule has 0 radical (unpaired) electrons. The van der Waals surface area contributed by atoms with E-state index in [4.69, 9.17) is 9.47 Å². The Balaban J connectivity index is 2.30. The minimum Gasteiger partial charge on any atom is -0.503 e. The number of rotatable bonds is 6. The van der Waals surface area contributed by atoms with Crippen LogP contribution in [0, 0.1) is 11.6 Å². The Kier molecular flexibility index (Phi) is 6.37. The first-order chi connectivity index (χ1) is 11.6. The highest BCUT2D eigenvalue weighted by Crippen LogP contribution is 2.32. The van der Waals surface area contributed by atoms with Crippen LogP contribution >= 0.6 is 11.8 Å². The predicted molar refractivity (Wildman–Crippen MR) is 89.4 cm³/mol. The van der Waals surface area contributed by atoms with Gasteiger partial charge in [-0.3, -0.25) is 0 Å². The van der Waals surface area contributed by atoms with Crippen molar-refractivity contribution in [3.8, 4) is 0 Å². The van der Waals surface area contributed by atoms with Crippen molar-refractivity contribution >= 4 is 23.3 Å². The van der Waals surface area contributed by atoms with Crippen molar-refractivity contribution in [2.24, 2.45) is 0 Å². The lowest BCUT2D eigenvalue weighted by Gasteiger charge is -2.11. The Morgan fingerprint density at radius 3 is 2.62 bits per heavy atom. The molecule has 24 heavy (non-hydrogen) atoms. The SMILES string of the molecule is CO/C=C(/C(=O)OC)c1ccccc1SCc1cc(F)ccc1F. The second kappa shape index (κ2) is 8.49. The summed E-state index contributed by atoms with van der Waals surface area (Å²) in [4.78, 5) is 12.7. The molecule has 6 heteroatoms. The molecule has 0 saturated carbocycles. The summed E-state index contributed by atoms with van der Waals surface area (Å²) in [5.41, 5.74) is 1.11. The fourth-order valence-corrected chi connectivity index (χ4v) is 3.11. The lowest BCUT2D eigenvalue weighted by Crippen LogP contribution is -2.05. The molecule has 0 fully saturated rings. The van der Waals surface area contributed by atoms with E-state index in [9.17, 15) is 13.6 Å². The minimum absolute atomic E-state index is 0.224. The van der Waals surface area contributed by atoms with Gasteiger partial charge in [-0.25, -0.2) is 13.6 Å². The second-order valence-electron chi connectivity index (χ2n) is 4.78. The number of halogens is 2. The lowest BCUT2D eigenvalue weighted by molar-refractivity contribution is -0.133. The topological polar surface area (TPSA) is 35.5 Å². The molecule has 0 amide bonds. The third-order valence-electron chi connectivity index (χ3n) is 3.21. The van der Waals surface area contributed by atoms with Gasteiger partial charge in [0.1, 0.15) is 17.2 Å². The molecule has 2 aromatic rings. The molecule has 0 unspecified atom stereocenters. The van der Waals surface area contributed by atoms with Gasteiger partial charge in [0, 0.05) is 21.8 Å². The van der Waals surface area contributed by atoms with E-state index in [2.05, 4.69) is 0 Å². The van der Waals surface area contributed by atoms with Crippen LogP contribution in [0.2, 0.25) is 0 Å². The molecule has 0 aliphatic rings. The number of hydrogen-bond donors (Lipinski definition) is 0. The van der Waals surface area contributed by atoms with Crippen molar-refractivity contribution in [3.63, 3.8) is 0 Å². The number of ether oxygens (including phenoxy) is 2. The number of methoxy groups -OCH3 is 2. The van der Waals surface area contributed by atoms with Gasteiger partial charge in [0.05, 0.1) is 20.5 Å². The molecule has 0 spiro atoms. The summed E-state index contributed by atoms with van der Waals surface area (Å²) in [6.07, 6.45) is 1.30. The summed E-state index contributed by atoms with van der Waals surface area (Å²) in [5, 5.41) is 0. The predicted octanol–water partition coefficient (Wildman–Crippen LogP) is 4.42. The maximum atomic E-state index is 13.7. The zero-order valence-corrected chi connectivity index (χ0v) is 14.0. The van der Waals surface area contributed by atoms with E-state index in [1.165, 1.54) is 32.2 Å². The van der Waals surface area contributed by atoms with E-state index in [1.807, 2.05) is 0 Å². The van der Waals surface area contributed by atoms with Gasteiger partial charge in [0.2, 0.25) is 0 Å². The highest BCUT2D eigenvalue weighted by molar-refractivity contribution is 7.98. The molecule has 2 aromatic carbocycles. The van der Waals surface area contributed by atoms with Crippen molar-refractivity contribution in [2.75, 3.05) is 14.2 Å². The van der Waals surface area contributed by atoms with Gasteiger partial charge < -0.3 is 9.47 Å². The van der Waals surface area contributed by atoms with Gasteiger partial charge >= 0.3 is 5.97 Å². The lowest BCUT2D eigenvalue weighted by atomic mass is 10.1. The Morgan fingerprint density at radius 2 is 1.92 bits per heavy atom. The molecule has 3 nitrogen and oxygen atoms in total. The van der Waals surface area contributed by atoms with Crippen LogP contribution in [0.25, 0.3) is 5.57 Å². The summed E-state index contributed by atoms with van der Waals surface area (Å²) in [5.74, 6) is -1.28. The molecule has 0 aliphatic carbocycles. The largest absolute Gasteiger partial charge is 0.503 e. The van der Waals surface area contributed by atoms with Crippen LogP contribution in [-0.4, -0.2) is 20.2 Å². The van der Waals surface area contributed by atoms with Gasteiger partial charge in [0.25, 0.3) is 0 Å². The standard InChI is InChI=1S/C18H16F2O3S/c1-22-10-15(18(21)23-2)14-5-3-4-6-17(14)24-11-12-9-13(19)7-8-16(12)20/h3-10H,11H2,1-2H3/b15-10+. The van der Waals surface area contributed by atoms with Gasteiger partial charge in [-0.2, -0.15) is 0 Å². The van der Waals surface area contributed by atoms with Gasteiger partial charge in [0.15, 0.2) is 0 Å². The van der Waals surface area contributed by atoms with Crippen molar-refractivity contribution in [3.05, 3.63) is 71.5 Å². The summed E-state index contributed by atoms with van der Waals surface area (Å²) < 4.78 is 36.7. The number of hydrogen-bond acceptors (Lipinski definition) is 4. The quantitative estimate of drug-likeness (QED) is 0.334. The van der Waals surface area contributed by atoms with Crippen LogP contribution in [0.4, 0.5) is 8.78 Å². The summed E-state index contributed by atoms with van der Waals surface area (Å²) in [6, 6.07) is 10.5. The Morgan fingerprint density at radius 1 is 1.17 bits per heavy atom. The van der Waals surface area contributed by atoms with Crippen LogP contribution in [0.3, 0.4) is 0 Å². The minimum atomic E-state index is -0.540. The number of thioether (sulfide) groups is 1. The zero-order valence-electron chi connectivity index (χ0n) is 13.2. The Labute approximate surface area is 143 Å². The summed E-state index contributed by atoms with van der Waals surface area (Å²) in [7, 11) is 2.71. The summed E-state index contributed by atoms with van der Waals surface area (Å²) in [6.45, 7) is 0. The maximum absolute atomic E-state index is 13.7. The van der Waals surface area contributed by atoms with E-state index in [1.54, 1.807) is 24.3 Å². The fourth-order valence-electron chi connectivity index (χ4n) is 2.07. The van der Waals surface area contributed by atoms with Crippen LogP contribution in [-0.2, 0) is 20.0 Å². The monoisotopic (exact) mass is 350 g/mol. The Bertz CT molecular complexity index is 760. The molecule has 0 aliphatic heterocycles. The highest BCUT2D eigenvalue weighted by atomic mass is 32.2. The molecular weight excluding hydrogens is 334 g/mol. The smallest absolute Gasteiger partial charge is 0.341 e. The average molecular weight is 350 g/mol. The van der Waals surface area contributed by atoms with E-state index in [0.29, 0.717) is 5.56 Å². The normalized spacial score (nSPS) is 11.2. The molecule has 0 heterocycles. The third kappa shape index (κ3) is 4.35. The second-order valence-corrected chi connectivity index (χ2v) is 5.80. The zero-order chi connectivity index (χ0) is 17.5. The average Bonchev–Trinajstić information content (AvgIpc) is 2.60. The third-order valence-corrected chi connectivity index (χ3v) is 4.33. The van der Waals surface area contributed by atoms with E-state index < -0.39 is 17.6 Å². The van der Waals surface area contributed by atoms with E-state index >= 15 is 0 Å². The van der Waals surface area contributed by atoms with Crippen LogP contribution in [0.15, 0.2) is 53.6 Å². The van der Waals surface area contributed by atoms with Gasteiger partial charge in [-0.1, -0.05) is 18.2 Å². The molecule has 0 saturated heterocycles. The van der Waals surface area contributed by atoms with Crippen molar-refractivity contribution in [2.45, 2.75) is 10.6 Å². The van der Waals surface area contributed by atoms with Crippen LogP contribution in [0.1, 0.15) is 11.1 Å². The van der Waals surface area contributed by atoms with E-state index in [-0.39, 0.29) is 16.9 Å². The van der Waals surface area contributed by atoms with E-state index in [0.717, 1.165) is 23.1 Å². The van der Waals surface area contributed by atoms with Gasteiger partial charge in [-0.05, 0) is 24.3 Å². The summed E-state index contributed by atoms with van der Waals surface area (Å²) >= 11 is 1.29. The van der Waals surface area contributed by atoms with Gasteiger partial charge in [-0.15, -0.1) is 11.8 Å². The number of esters is 1. The highest BCUT2D eigenvalue weighted by Gasteiger charge is 2.17. The maximum Gasteiger partial charge on any atom is 0.341 e. The Hall–Kier alpha value is -2.34. The first kappa shape index (κ1) is 18.0. The molecular formula is C18H16F2O3S. The molecule has 0 atom stereocenters. The number of carbonyl (C=O) groups is 1. The molecule has 0 N–H and O–H groups in total. The molecule has 126 valence electrons. The van der Waals surface area contributed by atoms with Crippen LogP contribution < -0.4 is 0 Å². The van der Waals surface area contributed by atoms with Crippen LogP contribution in [0.5, 0.6) is 0 Å². The fraction of sp³-hybridized carbons (Fsp3) is 0.167. The molecule has 0 bridgehead atoms. The number of carbonyl (C=O) groups excluding carboxylic acids is 1. The first-order valence-electron chi connectivity index (χ1n) is 7.04.